The molecule has 1 N–H and O–H groups in total. The monoisotopic (exact) mass is 503 g/mol. The van der Waals surface area contributed by atoms with Gasteiger partial charge >= 0.3 is 5.97 Å². The van der Waals surface area contributed by atoms with E-state index >= 15 is 0 Å². The lowest BCUT2D eigenvalue weighted by atomic mass is 10.2. The summed E-state index contributed by atoms with van der Waals surface area (Å²) in [5, 5.41) is 14.7. The third kappa shape index (κ3) is 5.27. The quantitative estimate of drug-likeness (QED) is 0.309. The molecule has 4 rings (SSSR count). The van der Waals surface area contributed by atoms with Crippen molar-refractivity contribution in [2.45, 2.75) is 13.5 Å². The molecule has 0 spiro atoms. The van der Waals surface area contributed by atoms with E-state index in [0.717, 1.165) is 16.9 Å². The minimum Gasteiger partial charge on any atom is -0.497 e. The number of aromatic nitrogens is 4. The second kappa shape index (κ2) is 10.2. The van der Waals surface area contributed by atoms with Crippen LogP contribution in [0.3, 0.4) is 0 Å². The van der Waals surface area contributed by atoms with Crippen LogP contribution in [0.4, 0.5) is 10.9 Å². The van der Waals surface area contributed by atoms with Crippen LogP contribution in [0.5, 0.6) is 5.75 Å². The highest BCUT2D eigenvalue weighted by Gasteiger charge is 2.22. The molecule has 11 heteroatoms. The van der Waals surface area contributed by atoms with Crippen molar-refractivity contribution in [2.24, 2.45) is 0 Å². The van der Waals surface area contributed by atoms with E-state index in [1.165, 1.54) is 11.3 Å². The Hall–Kier alpha value is -3.14. The van der Waals surface area contributed by atoms with Gasteiger partial charge in [0.1, 0.15) is 5.75 Å². The molecule has 170 valence electrons. The zero-order valence-electron chi connectivity index (χ0n) is 17.7. The van der Waals surface area contributed by atoms with Crippen molar-refractivity contribution in [3.05, 3.63) is 69.1 Å². The molecule has 0 bridgehead atoms. The summed E-state index contributed by atoms with van der Waals surface area (Å²) in [4.78, 5) is 17.1. The van der Waals surface area contributed by atoms with Gasteiger partial charge in [0.05, 0.1) is 36.0 Å². The van der Waals surface area contributed by atoms with Crippen LogP contribution >= 0.6 is 34.5 Å². The topological polar surface area (TPSA) is 91.2 Å². The molecule has 0 aliphatic carbocycles. The maximum Gasteiger partial charge on any atom is 0.362 e. The van der Waals surface area contributed by atoms with Crippen LogP contribution in [0.2, 0.25) is 10.0 Å². The molecular formula is C22H19Cl2N5O3S. The van der Waals surface area contributed by atoms with Crippen LogP contribution in [-0.2, 0) is 11.3 Å². The number of thiazole rings is 1. The van der Waals surface area contributed by atoms with Crippen molar-refractivity contribution in [3.8, 4) is 17.0 Å². The van der Waals surface area contributed by atoms with Gasteiger partial charge < -0.3 is 14.8 Å². The molecular weight excluding hydrogens is 485 g/mol. The third-order valence-electron chi connectivity index (χ3n) is 4.64. The number of hydrogen-bond acceptors (Lipinski definition) is 8. The summed E-state index contributed by atoms with van der Waals surface area (Å²) < 4.78 is 11.9. The number of ether oxygens (including phenoxy) is 2. The summed E-state index contributed by atoms with van der Waals surface area (Å²) in [7, 11) is 1.61. The third-order valence-corrected chi connectivity index (χ3v) is 6.14. The summed E-state index contributed by atoms with van der Waals surface area (Å²) in [5.74, 6) is 0.571. The lowest BCUT2D eigenvalue weighted by molar-refractivity contribution is 0.0520. The first-order chi connectivity index (χ1) is 16.0. The number of nitrogens with one attached hydrogen (secondary N) is 1. The highest BCUT2D eigenvalue weighted by molar-refractivity contribution is 7.14. The minimum absolute atomic E-state index is 0.0802. The predicted molar refractivity (Wildman–Crippen MR) is 129 cm³/mol. The van der Waals surface area contributed by atoms with Gasteiger partial charge in [-0.3, -0.25) is 0 Å². The maximum atomic E-state index is 12.5. The Morgan fingerprint density at radius 2 is 1.94 bits per heavy atom. The van der Waals surface area contributed by atoms with Crippen LogP contribution in [0, 0.1) is 0 Å². The summed E-state index contributed by atoms with van der Waals surface area (Å²) >= 11 is 13.5. The number of hydrogen-bond donors (Lipinski definition) is 1. The fourth-order valence-corrected chi connectivity index (χ4v) is 4.03. The van der Waals surface area contributed by atoms with E-state index in [2.05, 4.69) is 20.6 Å². The number of methoxy groups -OCH3 is 1. The smallest absolute Gasteiger partial charge is 0.362 e. The second-order valence-electron chi connectivity index (χ2n) is 6.80. The van der Waals surface area contributed by atoms with Crippen LogP contribution in [0.15, 0.2) is 47.8 Å². The van der Waals surface area contributed by atoms with Crippen LogP contribution in [0.25, 0.3) is 11.3 Å². The van der Waals surface area contributed by atoms with Crippen molar-refractivity contribution in [3.63, 3.8) is 0 Å². The van der Waals surface area contributed by atoms with E-state index in [-0.39, 0.29) is 12.3 Å². The first-order valence-electron chi connectivity index (χ1n) is 9.90. The molecule has 2 aromatic carbocycles. The Balaban J connectivity index is 1.63. The standard InChI is InChI=1S/C22H19Cl2N5O3S/c1-3-32-21(30)19-20(29(28-27-19)11-13-4-7-15(31-2)8-5-13)26-22-25-18(12-33-22)14-6-9-16(23)17(24)10-14/h4-10,12H,3,11H2,1-2H3,(H,25,26). The average Bonchev–Trinajstić information content (AvgIpc) is 3.44. The van der Waals surface area contributed by atoms with E-state index in [1.807, 2.05) is 35.7 Å². The molecule has 33 heavy (non-hydrogen) atoms. The summed E-state index contributed by atoms with van der Waals surface area (Å²) in [5.41, 5.74) is 2.57. The van der Waals surface area contributed by atoms with Gasteiger partial charge in [0, 0.05) is 10.9 Å². The van der Waals surface area contributed by atoms with E-state index in [4.69, 9.17) is 32.7 Å². The van der Waals surface area contributed by atoms with Gasteiger partial charge in [-0.1, -0.05) is 46.6 Å². The molecule has 0 radical (unpaired) electrons. The summed E-state index contributed by atoms with van der Waals surface area (Å²) in [6, 6.07) is 12.9. The fraction of sp³-hybridized carbons (Fsp3) is 0.182. The Kier molecular flexibility index (Phi) is 7.12. The first kappa shape index (κ1) is 23.0. The number of carbonyl (C=O) groups excluding carboxylic acids is 1. The molecule has 0 saturated carbocycles. The zero-order valence-corrected chi connectivity index (χ0v) is 20.0. The molecule has 0 atom stereocenters. The summed E-state index contributed by atoms with van der Waals surface area (Å²) in [6.45, 7) is 2.34. The molecule has 0 saturated heterocycles. The molecule has 0 fully saturated rings. The lowest BCUT2D eigenvalue weighted by Crippen LogP contribution is -2.11. The molecule has 0 aliphatic rings. The predicted octanol–water partition coefficient (Wildman–Crippen LogP) is 5.69. The number of halogens is 2. The van der Waals surface area contributed by atoms with Gasteiger partial charge in [0.2, 0.25) is 5.69 Å². The molecule has 4 aromatic rings. The van der Waals surface area contributed by atoms with Gasteiger partial charge in [0.15, 0.2) is 10.9 Å². The van der Waals surface area contributed by atoms with Crippen molar-refractivity contribution in [2.75, 3.05) is 19.0 Å². The Labute approximate surface area is 204 Å². The number of rotatable bonds is 8. The Morgan fingerprint density at radius 3 is 2.64 bits per heavy atom. The van der Waals surface area contributed by atoms with Gasteiger partial charge in [-0.2, -0.15) is 0 Å². The molecule has 0 unspecified atom stereocenters. The lowest BCUT2D eigenvalue weighted by Gasteiger charge is -2.09. The van der Waals surface area contributed by atoms with Crippen LogP contribution in [0.1, 0.15) is 23.0 Å². The number of anilines is 2. The van der Waals surface area contributed by atoms with Gasteiger partial charge in [0.25, 0.3) is 0 Å². The zero-order chi connectivity index (χ0) is 23.4. The van der Waals surface area contributed by atoms with E-state index in [1.54, 1.807) is 30.8 Å². The first-order valence-corrected chi connectivity index (χ1v) is 11.5. The largest absolute Gasteiger partial charge is 0.497 e. The normalized spacial score (nSPS) is 10.8. The van der Waals surface area contributed by atoms with Gasteiger partial charge in [-0.15, -0.1) is 16.4 Å². The van der Waals surface area contributed by atoms with Crippen LogP contribution in [-0.4, -0.2) is 39.7 Å². The number of esters is 1. The van der Waals surface area contributed by atoms with Gasteiger partial charge in [-0.05, 0) is 36.8 Å². The second-order valence-corrected chi connectivity index (χ2v) is 8.48. The Morgan fingerprint density at radius 1 is 1.15 bits per heavy atom. The van der Waals surface area contributed by atoms with Crippen molar-refractivity contribution >= 4 is 51.5 Å². The minimum atomic E-state index is -0.567. The maximum absolute atomic E-state index is 12.5. The number of nitrogens with zero attached hydrogens (tertiary/aromatic N) is 4. The molecule has 2 heterocycles. The van der Waals surface area contributed by atoms with Gasteiger partial charge in [-0.25, -0.2) is 14.5 Å². The molecule has 2 aromatic heterocycles. The molecule has 0 aliphatic heterocycles. The molecule has 0 amide bonds. The van der Waals surface area contributed by atoms with Crippen molar-refractivity contribution < 1.29 is 14.3 Å². The number of benzene rings is 2. The molecule has 8 nitrogen and oxygen atoms in total. The van der Waals surface area contributed by atoms with Crippen molar-refractivity contribution in [1.82, 2.24) is 20.0 Å². The van der Waals surface area contributed by atoms with E-state index in [9.17, 15) is 4.79 Å². The number of carbonyl (C=O) groups is 1. The van der Waals surface area contributed by atoms with Crippen LogP contribution < -0.4 is 10.1 Å². The highest BCUT2D eigenvalue weighted by atomic mass is 35.5. The van der Waals surface area contributed by atoms with E-state index < -0.39 is 5.97 Å². The summed E-state index contributed by atoms with van der Waals surface area (Å²) in [6.07, 6.45) is 0. The van der Waals surface area contributed by atoms with E-state index in [0.29, 0.717) is 33.2 Å². The fourth-order valence-electron chi connectivity index (χ4n) is 3.01. The SMILES string of the molecule is CCOC(=O)c1nnn(Cc2ccc(OC)cc2)c1Nc1nc(-c2ccc(Cl)c(Cl)c2)cs1. The highest BCUT2D eigenvalue weighted by Crippen LogP contribution is 2.32. The van der Waals surface area contributed by atoms with Crippen molar-refractivity contribution in [1.29, 1.82) is 0 Å². The Bertz CT molecular complexity index is 1270. The average molecular weight is 504 g/mol.